The molecule has 2 rings (SSSR count). The average molecular weight is 404 g/mol. The van der Waals surface area contributed by atoms with E-state index in [1.54, 1.807) is 0 Å². The Bertz CT molecular complexity index is 963. The number of halogens is 3. The number of rotatable bonds is 5. The van der Waals surface area contributed by atoms with Gasteiger partial charge in [0.25, 0.3) is 0 Å². The van der Waals surface area contributed by atoms with Gasteiger partial charge in [-0.15, -0.1) is 0 Å². The SMILES string of the molecule is COc1ccc(-c2ccc(C(C)C(=O)NS(C)(=O)=O)cc2F)c(Cl)c1F. The highest BCUT2D eigenvalue weighted by Crippen LogP contribution is 2.36. The fourth-order valence-corrected chi connectivity index (χ4v) is 3.14. The maximum absolute atomic E-state index is 14.5. The van der Waals surface area contributed by atoms with E-state index in [0.29, 0.717) is 0 Å². The van der Waals surface area contributed by atoms with Crippen molar-refractivity contribution in [2.75, 3.05) is 13.4 Å². The van der Waals surface area contributed by atoms with Crippen molar-refractivity contribution in [2.45, 2.75) is 12.8 Å². The number of benzene rings is 2. The first-order valence-corrected chi connectivity index (χ1v) is 9.65. The Morgan fingerprint density at radius 1 is 1.19 bits per heavy atom. The fourth-order valence-electron chi connectivity index (χ4n) is 2.34. The van der Waals surface area contributed by atoms with Gasteiger partial charge in [-0.05, 0) is 30.7 Å². The third kappa shape index (κ3) is 4.31. The maximum Gasteiger partial charge on any atom is 0.240 e. The van der Waals surface area contributed by atoms with Crippen LogP contribution in [0.15, 0.2) is 30.3 Å². The number of amides is 1. The smallest absolute Gasteiger partial charge is 0.240 e. The van der Waals surface area contributed by atoms with Gasteiger partial charge in [-0.2, -0.15) is 0 Å². The van der Waals surface area contributed by atoms with Gasteiger partial charge in [-0.1, -0.05) is 23.7 Å². The van der Waals surface area contributed by atoms with Gasteiger partial charge in [0, 0.05) is 11.1 Å². The molecular weight excluding hydrogens is 388 g/mol. The topological polar surface area (TPSA) is 72.5 Å². The van der Waals surface area contributed by atoms with E-state index in [-0.39, 0.29) is 27.5 Å². The molecule has 0 aliphatic heterocycles. The van der Waals surface area contributed by atoms with Gasteiger partial charge in [0.05, 0.1) is 24.3 Å². The second kappa shape index (κ2) is 7.59. The third-order valence-corrected chi connectivity index (χ3v) is 4.67. The Hall–Kier alpha value is -2.19. The first-order chi connectivity index (χ1) is 12.0. The predicted octanol–water partition coefficient (Wildman–Crippen LogP) is 3.47. The van der Waals surface area contributed by atoms with E-state index in [2.05, 4.69) is 0 Å². The summed E-state index contributed by atoms with van der Waals surface area (Å²) in [5.41, 5.74) is 0.427. The zero-order valence-corrected chi connectivity index (χ0v) is 15.7. The van der Waals surface area contributed by atoms with Crippen molar-refractivity contribution < 1.29 is 26.7 Å². The second-order valence-electron chi connectivity index (χ2n) is 5.64. The summed E-state index contributed by atoms with van der Waals surface area (Å²) < 4.78 is 57.5. The van der Waals surface area contributed by atoms with Gasteiger partial charge in [-0.25, -0.2) is 17.2 Å². The van der Waals surface area contributed by atoms with Crippen LogP contribution >= 0.6 is 11.6 Å². The van der Waals surface area contributed by atoms with E-state index in [1.165, 1.54) is 38.3 Å². The molecule has 0 aliphatic rings. The Morgan fingerprint density at radius 2 is 1.81 bits per heavy atom. The number of methoxy groups -OCH3 is 1. The summed E-state index contributed by atoms with van der Waals surface area (Å²) in [6, 6.07) is 6.62. The molecule has 0 aliphatic carbocycles. The Morgan fingerprint density at radius 3 is 2.35 bits per heavy atom. The summed E-state index contributed by atoms with van der Waals surface area (Å²) in [6.45, 7) is 1.44. The highest BCUT2D eigenvalue weighted by molar-refractivity contribution is 7.89. The average Bonchev–Trinajstić information content (AvgIpc) is 2.55. The Kier molecular flexibility index (Phi) is 5.87. The van der Waals surface area contributed by atoms with Gasteiger partial charge < -0.3 is 4.74 Å². The lowest BCUT2D eigenvalue weighted by molar-refractivity contribution is -0.120. The molecule has 0 heterocycles. The van der Waals surface area contributed by atoms with Crippen molar-refractivity contribution in [3.05, 3.63) is 52.6 Å². The first-order valence-electron chi connectivity index (χ1n) is 7.38. The monoisotopic (exact) mass is 403 g/mol. The lowest BCUT2D eigenvalue weighted by atomic mass is 9.96. The molecule has 0 bridgehead atoms. The molecule has 140 valence electrons. The Balaban J connectivity index is 2.39. The van der Waals surface area contributed by atoms with Crippen molar-refractivity contribution in [1.29, 1.82) is 0 Å². The number of nitrogens with one attached hydrogen (secondary N) is 1. The predicted molar refractivity (Wildman–Crippen MR) is 94.8 cm³/mol. The molecule has 0 radical (unpaired) electrons. The van der Waals surface area contributed by atoms with Crippen LogP contribution in [0.1, 0.15) is 18.4 Å². The summed E-state index contributed by atoms with van der Waals surface area (Å²) in [6.07, 6.45) is 0.849. The summed E-state index contributed by atoms with van der Waals surface area (Å²) in [5.74, 6) is -3.30. The summed E-state index contributed by atoms with van der Waals surface area (Å²) in [4.78, 5) is 11.9. The summed E-state index contributed by atoms with van der Waals surface area (Å²) in [5, 5.41) is -0.293. The minimum absolute atomic E-state index is 0.0380. The molecule has 0 saturated heterocycles. The number of hydrogen-bond donors (Lipinski definition) is 1. The molecule has 0 fully saturated rings. The zero-order chi connectivity index (χ0) is 19.6. The van der Waals surface area contributed by atoms with E-state index >= 15 is 0 Å². The van der Waals surface area contributed by atoms with E-state index in [4.69, 9.17) is 16.3 Å². The molecule has 0 saturated carbocycles. The normalized spacial score (nSPS) is 12.5. The van der Waals surface area contributed by atoms with Gasteiger partial charge in [0.1, 0.15) is 5.82 Å². The van der Waals surface area contributed by atoms with Crippen molar-refractivity contribution in [3.8, 4) is 16.9 Å². The molecule has 2 aromatic rings. The van der Waals surface area contributed by atoms with Gasteiger partial charge in [-0.3, -0.25) is 9.52 Å². The highest BCUT2D eigenvalue weighted by atomic mass is 35.5. The molecule has 26 heavy (non-hydrogen) atoms. The van der Waals surface area contributed by atoms with Crippen molar-refractivity contribution >= 4 is 27.5 Å². The van der Waals surface area contributed by atoms with Gasteiger partial charge >= 0.3 is 0 Å². The van der Waals surface area contributed by atoms with Crippen LogP contribution in [0.5, 0.6) is 5.75 Å². The zero-order valence-electron chi connectivity index (χ0n) is 14.1. The second-order valence-corrected chi connectivity index (χ2v) is 7.77. The van der Waals surface area contributed by atoms with Crippen LogP contribution in [0, 0.1) is 11.6 Å². The van der Waals surface area contributed by atoms with Gasteiger partial charge in [0.2, 0.25) is 15.9 Å². The number of carbonyl (C=O) groups is 1. The molecule has 0 aromatic heterocycles. The summed E-state index contributed by atoms with van der Waals surface area (Å²) in [7, 11) is -2.43. The quantitative estimate of drug-likeness (QED) is 0.829. The maximum atomic E-state index is 14.5. The van der Waals surface area contributed by atoms with E-state index in [0.717, 1.165) is 12.3 Å². The third-order valence-electron chi connectivity index (χ3n) is 3.73. The first kappa shape index (κ1) is 20.1. The molecule has 1 N–H and O–H groups in total. The van der Waals surface area contributed by atoms with Crippen LogP contribution in [0.25, 0.3) is 11.1 Å². The van der Waals surface area contributed by atoms with Crippen molar-refractivity contribution in [2.24, 2.45) is 0 Å². The van der Waals surface area contributed by atoms with Crippen LogP contribution in [0.2, 0.25) is 5.02 Å². The molecular formula is C17H16ClF2NO4S. The number of carbonyl (C=O) groups excluding carboxylic acids is 1. The van der Waals surface area contributed by atoms with Crippen LogP contribution < -0.4 is 9.46 Å². The standard InChI is InChI=1S/C17H16ClF2NO4S/c1-9(17(22)21-26(3,23)24)10-4-5-11(13(19)8-10)12-6-7-14(25-2)16(20)15(12)18/h4-9H,1-3H3,(H,21,22). The van der Waals surface area contributed by atoms with Crippen molar-refractivity contribution in [3.63, 3.8) is 0 Å². The van der Waals surface area contributed by atoms with E-state index in [1.807, 2.05) is 4.72 Å². The minimum atomic E-state index is -3.72. The number of sulfonamides is 1. The molecule has 1 unspecified atom stereocenters. The largest absolute Gasteiger partial charge is 0.494 e. The van der Waals surface area contributed by atoms with Crippen LogP contribution in [0.4, 0.5) is 8.78 Å². The molecule has 9 heteroatoms. The molecule has 5 nitrogen and oxygen atoms in total. The van der Waals surface area contributed by atoms with Crippen molar-refractivity contribution in [1.82, 2.24) is 4.72 Å². The molecule has 2 aromatic carbocycles. The highest BCUT2D eigenvalue weighted by Gasteiger charge is 2.21. The number of ether oxygens (including phenoxy) is 1. The minimum Gasteiger partial charge on any atom is -0.494 e. The van der Waals surface area contributed by atoms with E-state index < -0.39 is 33.5 Å². The molecule has 0 spiro atoms. The van der Waals surface area contributed by atoms with Gasteiger partial charge in [0.15, 0.2) is 11.6 Å². The molecule has 1 atom stereocenters. The van der Waals surface area contributed by atoms with Crippen LogP contribution in [-0.2, 0) is 14.8 Å². The Labute approximate surface area is 155 Å². The molecule has 1 amide bonds. The lowest BCUT2D eigenvalue weighted by Gasteiger charge is -2.14. The lowest BCUT2D eigenvalue weighted by Crippen LogP contribution is -2.32. The fraction of sp³-hybridized carbons (Fsp3) is 0.235. The van der Waals surface area contributed by atoms with Crippen LogP contribution in [0.3, 0.4) is 0 Å². The van der Waals surface area contributed by atoms with Crippen LogP contribution in [-0.4, -0.2) is 27.7 Å². The number of hydrogen-bond acceptors (Lipinski definition) is 4. The summed E-state index contributed by atoms with van der Waals surface area (Å²) >= 11 is 5.96. The van der Waals surface area contributed by atoms with E-state index in [9.17, 15) is 22.0 Å².